The first-order valence-electron chi connectivity index (χ1n) is 10.3. The van der Waals surface area contributed by atoms with E-state index in [4.69, 9.17) is 4.74 Å². The number of rotatable bonds is 9. The zero-order valence-corrected chi connectivity index (χ0v) is 17.6. The number of carboxylic acids is 1. The fourth-order valence-electron chi connectivity index (χ4n) is 3.22. The van der Waals surface area contributed by atoms with Gasteiger partial charge in [0.2, 0.25) is 0 Å². The van der Waals surface area contributed by atoms with Crippen LogP contribution in [-0.4, -0.2) is 32.1 Å². The summed E-state index contributed by atoms with van der Waals surface area (Å²) in [5, 5.41) is 12.5. The summed E-state index contributed by atoms with van der Waals surface area (Å²) in [6.45, 7) is 0.255. The monoisotopic (exact) mass is 444 g/mol. The Morgan fingerprint density at radius 2 is 1.85 bits per heavy atom. The highest BCUT2D eigenvalue weighted by Crippen LogP contribution is 2.23. The molecule has 4 aromatic rings. The van der Waals surface area contributed by atoms with Crippen LogP contribution in [0.2, 0.25) is 0 Å². The first-order chi connectivity index (χ1) is 16.1. The second-order valence-corrected chi connectivity index (χ2v) is 7.29. The molecule has 0 spiro atoms. The number of hydrogen-bond donors (Lipinski definition) is 2. The summed E-state index contributed by atoms with van der Waals surface area (Å²) in [7, 11) is 0. The number of carboxylic acid groups (broad SMARTS) is 1. The molecule has 2 aromatic carbocycles. The Hall–Kier alpha value is -4.33. The van der Waals surface area contributed by atoms with Crippen LogP contribution in [0.25, 0.3) is 11.3 Å². The Labute approximate surface area is 190 Å². The van der Waals surface area contributed by atoms with Crippen molar-refractivity contribution < 1.29 is 19.0 Å². The van der Waals surface area contributed by atoms with Gasteiger partial charge in [-0.2, -0.15) is 0 Å². The minimum absolute atomic E-state index is 0.215. The number of hydrogen-bond acceptors (Lipinski definition) is 6. The summed E-state index contributed by atoms with van der Waals surface area (Å²) in [4.78, 5) is 24.3. The molecular weight excluding hydrogens is 423 g/mol. The van der Waals surface area contributed by atoms with Crippen molar-refractivity contribution in [1.82, 2.24) is 15.0 Å². The number of aromatic nitrogens is 3. The summed E-state index contributed by atoms with van der Waals surface area (Å²) in [5.41, 5.74) is 2.85. The van der Waals surface area contributed by atoms with Gasteiger partial charge in [-0.1, -0.05) is 18.2 Å². The molecule has 0 radical (unpaired) electrons. The summed E-state index contributed by atoms with van der Waals surface area (Å²) < 4.78 is 19.0. The molecule has 0 aliphatic carbocycles. The second-order valence-electron chi connectivity index (χ2n) is 7.29. The van der Waals surface area contributed by atoms with E-state index in [2.05, 4.69) is 20.3 Å². The maximum atomic E-state index is 13.3. The van der Waals surface area contributed by atoms with Crippen molar-refractivity contribution in [2.75, 3.05) is 5.32 Å². The predicted molar refractivity (Wildman–Crippen MR) is 121 cm³/mol. The molecule has 0 saturated carbocycles. The number of nitrogens with one attached hydrogen (secondary N) is 1. The molecule has 0 fully saturated rings. The van der Waals surface area contributed by atoms with E-state index in [9.17, 15) is 14.3 Å². The third-order valence-corrected chi connectivity index (χ3v) is 4.87. The highest BCUT2D eigenvalue weighted by Gasteiger charge is 2.19. The lowest BCUT2D eigenvalue weighted by molar-refractivity contribution is -0.137. The Balaban J connectivity index is 1.42. The average Bonchev–Trinajstić information content (AvgIpc) is 2.83. The minimum atomic E-state index is -0.999. The van der Waals surface area contributed by atoms with Crippen LogP contribution in [0, 0.1) is 5.82 Å². The van der Waals surface area contributed by atoms with Crippen LogP contribution in [-0.2, 0) is 17.8 Å². The number of pyridine rings is 1. The third kappa shape index (κ3) is 6.10. The van der Waals surface area contributed by atoms with Crippen LogP contribution in [0.3, 0.4) is 0 Å². The van der Waals surface area contributed by atoms with Crippen LogP contribution in [0.5, 0.6) is 5.75 Å². The molecule has 0 amide bonds. The molecule has 2 N–H and O–H groups in total. The number of ether oxygens (including phenoxy) is 1. The van der Waals surface area contributed by atoms with Crippen molar-refractivity contribution in [2.24, 2.45) is 0 Å². The number of halogens is 1. The Morgan fingerprint density at radius 1 is 1.00 bits per heavy atom. The quantitative estimate of drug-likeness (QED) is 0.396. The summed E-state index contributed by atoms with van der Waals surface area (Å²) in [6, 6.07) is 19.7. The summed E-state index contributed by atoms with van der Waals surface area (Å²) >= 11 is 0. The van der Waals surface area contributed by atoms with Crippen molar-refractivity contribution in [3.05, 3.63) is 102 Å². The summed E-state index contributed by atoms with van der Waals surface area (Å²) in [6.07, 6.45) is 3.22. The fraction of sp³-hybridized carbons (Fsp3) is 0.120. The second kappa shape index (κ2) is 10.3. The zero-order chi connectivity index (χ0) is 23.0. The van der Waals surface area contributed by atoms with Crippen molar-refractivity contribution in [3.63, 3.8) is 0 Å². The van der Waals surface area contributed by atoms with Gasteiger partial charge in [0.05, 0.1) is 5.69 Å². The maximum absolute atomic E-state index is 13.3. The maximum Gasteiger partial charge on any atom is 0.326 e. The number of carbonyl (C=O) groups is 1. The molecule has 166 valence electrons. The van der Waals surface area contributed by atoms with Crippen molar-refractivity contribution >= 4 is 11.8 Å². The molecule has 0 aliphatic rings. The standard InChI is InChI=1S/C25H21FN4O3/c26-19-5-3-4-17(12-19)15-33-21-9-7-18(8-10-21)22-14-24(29-16-28-22)30-23(25(31)32)13-20-6-1-2-11-27-20/h1-12,14,16,23H,13,15H2,(H,31,32)(H,28,29,30). The molecule has 33 heavy (non-hydrogen) atoms. The van der Waals surface area contributed by atoms with E-state index in [1.54, 1.807) is 48.7 Å². The lowest BCUT2D eigenvalue weighted by Gasteiger charge is -2.15. The largest absolute Gasteiger partial charge is 0.489 e. The summed E-state index contributed by atoms with van der Waals surface area (Å²) in [5.74, 6) is -0.267. The van der Waals surface area contributed by atoms with E-state index in [-0.39, 0.29) is 18.8 Å². The van der Waals surface area contributed by atoms with Gasteiger partial charge < -0.3 is 15.2 Å². The Bertz CT molecular complexity index is 1220. The van der Waals surface area contributed by atoms with Crippen LogP contribution < -0.4 is 10.1 Å². The van der Waals surface area contributed by atoms with Gasteiger partial charge >= 0.3 is 5.97 Å². The van der Waals surface area contributed by atoms with Gasteiger partial charge in [0.25, 0.3) is 0 Å². The Kier molecular flexibility index (Phi) is 6.84. The molecule has 4 rings (SSSR count). The van der Waals surface area contributed by atoms with E-state index in [0.717, 1.165) is 11.1 Å². The van der Waals surface area contributed by atoms with Crippen LogP contribution in [0.4, 0.5) is 10.2 Å². The topological polar surface area (TPSA) is 97.2 Å². The zero-order valence-electron chi connectivity index (χ0n) is 17.6. The van der Waals surface area contributed by atoms with E-state index >= 15 is 0 Å². The van der Waals surface area contributed by atoms with Crippen LogP contribution >= 0.6 is 0 Å². The van der Waals surface area contributed by atoms with Gasteiger partial charge in [0.1, 0.15) is 36.4 Å². The van der Waals surface area contributed by atoms with Gasteiger partial charge in [-0.15, -0.1) is 0 Å². The molecule has 0 bridgehead atoms. The van der Waals surface area contributed by atoms with Gasteiger partial charge in [0, 0.05) is 29.9 Å². The molecule has 8 heteroatoms. The molecule has 2 heterocycles. The van der Waals surface area contributed by atoms with Crippen molar-refractivity contribution in [1.29, 1.82) is 0 Å². The first kappa shape index (κ1) is 21.9. The van der Waals surface area contributed by atoms with Crippen LogP contribution in [0.15, 0.2) is 85.3 Å². The number of anilines is 1. The smallest absolute Gasteiger partial charge is 0.326 e. The molecule has 7 nitrogen and oxygen atoms in total. The third-order valence-electron chi connectivity index (χ3n) is 4.87. The van der Waals surface area contributed by atoms with Crippen LogP contribution in [0.1, 0.15) is 11.3 Å². The normalized spacial score (nSPS) is 11.5. The number of benzene rings is 2. The highest BCUT2D eigenvalue weighted by atomic mass is 19.1. The lowest BCUT2D eigenvalue weighted by Crippen LogP contribution is -2.32. The van der Waals surface area contributed by atoms with E-state index in [1.165, 1.54) is 18.5 Å². The van der Waals surface area contributed by atoms with E-state index in [0.29, 0.717) is 23.0 Å². The molecule has 1 unspecified atom stereocenters. The van der Waals surface area contributed by atoms with Gasteiger partial charge in [0.15, 0.2) is 0 Å². The SMILES string of the molecule is O=C(O)C(Cc1ccccn1)Nc1cc(-c2ccc(OCc3cccc(F)c3)cc2)ncn1. The first-order valence-corrected chi connectivity index (χ1v) is 10.3. The molecule has 2 aromatic heterocycles. The van der Waals surface area contributed by atoms with Gasteiger partial charge in [-0.05, 0) is 54.1 Å². The highest BCUT2D eigenvalue weighted by molar-refractivity contribution is 5.77. The van der Waals surface area contributed by atoms with Crippen molar-refractivity contribution in [3.8, 4) is 17.0 Å². The van der Waals surface area contributed by atoms with Gasteiger partial charge in [-0.3, -0.25) is 4.98 Å². The van der Waals surface area contributed by atoms with E-state index < -0.39 is 12.0 Å². The number of aliphatic carboxylic acids is 1. The molecular formula is C25H21FN4O3. The molecule has 1 atom stereocenters. The Morgan fingerprint density at radius 3 is 2.58 bits per heavy atom. The lowest BCUT2D eigenvalue weighted by atomic mass is 10.1. The van der Waals surface area contributed by atoms with E-state index in [1.807, 2.05) is 18.2 Å². The van der Waals surface area contributed by atoms with Crippen molar-refractivity contribution in [2.45, 2.75) is 19.1 Å². The fourth-order valence-corrected chi connectivity index (χ4v) is 3.22. The van der Waals surface area contributed by atoms with Gasteiger partial charge in [-0.25, -0.2) is 19.2 Å². The molecule has 0 saturated heterocycles. The predicted octanol–water partition coefficient (Wildman–Crippen LogP) is 4.36. The minimum Gasteiger partial charge on any atom is -0.489 e. The molecule has 0 aliphatic heterocycles. The average molecular weight is 444 g/mol. The number of nitrogens with zero attached hydrogens (tertiary/aromatic N) is 3.